The SMILES string of the molecule is CC=CCOCc1oc2ccccc2c1C(=O)O. The van der Waals surface area contributed by atoms with Crippen molar-refractivity contribution in [2.24, 2.45) is 0 Å². The van der Waals surface area contributed by atoms with Gasteiger partial charge in [0.05, 0.1) is 6.61 Å². The van der Waals surface area contributed by atoms with Crippen molar-refractivity contribution in [3.05, 3.63) is 47.7 Å². The fraction of sp³-hybridized carbons (Fsp3) is 0.214. The van der Waals surface area contributed by atoms with Crippen LogP contribution in [0.15, 0.2) is 40.8 Å². The Morgan fingerprint density at radius 1 is 1.44 bits per heavy atom. The highest BCUT2D eigenvalue weighted by Crippen LogP contribution is 2.26. The third-order valence-electron chi connectivity index (χ3n) is 2.57. The molecule has 0 atom stereocenters. The second kappa shape index (κ2) is 5.51. The first-order valence-electron chi connectivity index (χ1n) is 5.66. The molecule has 1 N–H and O–H groups in total. The largest absolute Gasteiger partial charge is 0.478 e. The van der Waals surface area contributed by atoms with Gasteiger partial charge in [-0.2, -0.15) is 0 Å². The predicted octanol–water partition coefficient (Wildman–Crippen LogP) is 3.22. The molecular weight excluding hydrogens is 232 g/mol. The Hall–Kier alpha value is -2.07. The van der Waals surface area contributed by atoms with Crippen LogP contribution in [0, 0.1) is 0 Å². The minimum atomic E-state index is -0.996. The summed E-state index contributed by atoms with van der Waals surface area (Å²) in [6, 6.07) is 7.08. The predicted molar refractivity (Wildman–Crippen MR) is 67.6 cm³/mol. The lowest BCUT2D eigenvalue weighted by Gasteiger charge is -1.99. The van der Waals surface area contributed by atoms with Crippen molar-refractivity contribution >= 4 is 16.9 Å². The van der Waals surface area contributed by atoms with Crippen molar-refractivity contribution in [3.63, 3.8) is 0 Å². The summed E-state index contributed by atoms with van der Waals surface area (Å²) in [6.07, 6.45) is 3.72. The van der Waals surface area contributed by atoms with Gasteiger partial charge in [-0.25, -0.2) is 4.79 Å². The lowest BCUT2D eigenvalue weighted by atomic mass is 10.1. The fourth-order valence-corrected chi connectivity index (χ4v) is 1.75. The van der Waals surface area contributed by atoms with E-state index in [4.69, 9.17) is 9.15 Å². The Morgan fingerprint density at radius 2 is 2.22 bits per heavy atom. The zero-order chi connectivity index (χ0) is 13.0. The highest BCUT2D eigenvalue weighted by Gasteiger charge is 2.19. The number of rotatable bonds is 5. The van der Waals surface area contributed by atoms with Crippen LogP contribution in [0.4, 0.5) is 0 Å². The topological polar surface area (TPSA) is 59.7 Å². The molecule has 2 rings (SSSR count). The average Bonchev–Trinajstić information content (AvgIpc) is 2.73. The molecule has 2 aromatic rings. The summed E-state index contributed by atoms with van der Waals surface area (Å²) in [7, 11) is 0. The third kappa shape index (κ3) is 2.43. The van der Waals surface area contributed by atoms with Crippen molar-refractivity contribution in [3.8, 4) is 0 Å². The highest BCUT2D eigenvalue weighted by molar-refractivity contribution is 6.03. The van der Waals surface area contributed by atoms with E-state index in [0.717, 1.165) is 0 Å². The summed E-state index contributed by atoms with van der Waals surface area (Å²) in [5.74, 6) is -0.641. The van der Waals surface area contributed by atoms with Gasteiger partial charge < -0.3 is 14.3 Å². The van der Waals surface area contributed by atoms with E-state index in [2.05, 4.69) is 0 Å². The number of ether oxygens (including phenoxy) is 1. The maximum absolute atomic E-state index is 11.3. The van der Waals surface area contributed by atoms with Crippen molar-refractivity contribution in [1.29, 1.82) is 0 Å². The van der Waals surface area contributed by atoms with Crippen LogP contribution in [-0.4, -0.2) is 17.7 Å². The van der Waals surface area contributed by atoms with Gasteiger partial charge in [0.25, 0.3) is 0 Å². The van der Waals surface area contributed by atoms with E-state index in [1.54, 1.807) is 18.2 Å². The van der Waals surface area contributed by atoms with E-state index in [1.807, 2.05) is 25.1 Å². The number of para-hydroxylation sites is 1. The summed E-state index contributed by atoms with van der Waals surface area (Å²) in [5, 5.41) is 9.83. The number of allylic oxidation sites excluding steroid dienone is 1. The molecule has 0 unspecified atom stereocenters. The minimum absolute atomic E-state index is 0.153. The molecule has 0 aliphatic rings. The van der Waals surface area contributed by atoms with Crippen molar-refractivity contribution in [1.82, 2.24) is 0 Å². The number of fused-ring (bicyclic) bond motifs is 1. The molecule has 0 spiro atoms. The van der Waals surface area contributed by atoms with Gasteiger partial charge in [0, 0.05) is 5.39 Å². The van der Waals surface area contributed by atoms with E-state index in [0.29, 0.717) is 23.3 Å². The van der Waals surface area contributed by atoms with E-state index >= 15 is 0 Å². The number of carbonyl (C=O) groups is 1. The molecule has 0 saturated heterocycles. The summed E-state index contributed by atoms with van der Waals surface area (Å²) < 4.78 is 10.8. The van der Waals surface area contributed by atoms with Crippen LogP contribution in [0.25, 0.3) is 11.0 Å². The maximum Gasteiger partial charge on any atom is 0.340 e. The molecule has 4 nitrogen and oxygen atoms in total. The Balaban J connectivity index is 2.31. The molecule has 18 heavy (non-hydrogen) atoms. The molecule has 0 fully saturated rings. The van der Waals surface area contributed by atoms with Gasteiger partial charge in [0.2, 0.25) is 0 Å². The van der Waals surface area contributed by atoms with E-state index in [9.17, 15) is 9.90 Å². The van der Waals surface area contributed by atoms with E-state index in [-0.39, 0.29) is 12.2 Å². The van der Waals surface area contributed by atoms with Gasteiger partial charge in [0.15, 0.2) is 0 Å². The zero-order valence-corrected chi connectivity index (χ0v) is 10.1. The number of aromatic carboxylic acids is 1. The van der Waals surface area contributed by atoms with E-state index in [1.165, 1.54) is 0 Å². The number of furan rings is 1. The quantitative estimate of drug-likeness (QED) is 0.650. The molecule has 1 aromatic heterocycles. The monoisotopic (exact) mass is 246 g/mol. The van der Waals surface area contributed by atoms with Gasteiger partial charge in [0.1, 0.15) is 23.5 Å². The first-order valence-corrected chi connectivity index (χ1v) is 5.66. The van der Waals surface area contributed by atoms with Gasteiger partial charge in [-0.05, 0) is 13.0 Å². The molecule has 0 saturated carbocycles. The lowest BCUT2D eigenvalue weighted by molar-refractivity contribution is 0.0687. The smallest absolute Gasteiger partial charge is 0.340 e. The molecular formula is C14H14O4. The van der Waals surface area contributed by atoms with Gasteiger partial charge in [-0.1, -0.05) is 30.4 Å². The van der Waals surface area contributed by atoms with Gasteiger partial charge in [-0.15, -0.1) is 0 Å². The Labute approximate surface area is 104 Å². The fourth-order valence-electron chi connectivity index (χ4n) is 1.75. The third-order valence-corrected chi connectivity index (χ3v) is 2.57. The van der Waals surface area contributed by atoms with Crippen LogP contribution >= 0.6 is 0 Å². The van der Waals surface area contributed by atoms with Crippen molar-refractivity contribution in [2.75, 3.05) is 6.61 Å². The second-order valence-electron chi connectivity index (χ2n) is 3.79. The van der Waals surface area contributed by atoms with Crippen molar-refractivity contribution in [2.45, 2.75) is 13.5 Å². The molecule has 0 aliphatic carbocycles. The van der Waals surface area contributed by atoms with Crippen LogP contribution in [0.3, 0.4) is 0 Å². The van der Waals surface area contributed by atoms with Crippen LogP contribution in [0.2, 0.25) is 0 Å². The standard InChI is InChI=1S/C14H14O4/c1-2-3-8-17-9-12-13(14(15)16)10-6-4-5-7-11(10)18-12/h2-7H,8-9H2,1H3,(H,15,16). The number of carboxylic acid groups (broad SMARTS) is 1. The van der Waals surface area contributed by atoms with E-state index < -0.39 is 5.97 Å². The average molecular weight is 246 g/mol. The van der Waals surface area contributed by atoms with Gasteiger partial charge in [-0.3, -0.25) is 0 Å². The van der Waals surface area contributed by atoms with Crippen LogP contribution < -0.4 is 0 Å². The molecule has 0 radical (unpaired) electrons. The minimum Gasteiger partial charge on any atom is -0.478 e. The first kappa shape index (κ1) is 12.4. The summed E-state index contributed by atoms with van der Waals surface area (Å²) in [5.41, 5.74) is 0.755. The Kier molecular flexibility index (Phi) is 3.79. The first-order chi connectivity index (χ1) is 8.74. The molecule has 1 aromatic carbocycles. The maximum atomic E-state index is 11.3. The summed E-state index contributed by atoms with van der Waals surface area (Å²) in [6.45, 7) is 2.49. The lowest BCUT2D eigenvalue weighted by Crippen LogP contribution is -2.01. The Morgan fingerprint density at radius 3 is 2.94 bits per heavy atom. The molecule has 94 valence electrons. The molecule has 0 aliphatic heterocycles. The van der Waals surface area contributed by atoms with Crippen LogP contribution in [0.5, 0.6) is 0 Å². The van der Waals surface area contributed by atoms with Crippen LogP contribution in [-0.2, 0) is 11.3 Å². The highest BCUT2D eigenvalue weighted by atomic mass is 16.5. The van der Waals surface area contributed by atoms with Crippen LogP contribution in [0.1, 0.15) is 23.0 Å². The summed E-state index contributed by atoms with van der Waals surface area (Å²) >= 11 is 0. The van der Waals surface area contributed by atoms with Crippen molar-refractivity contribution < 1.29 is 19.1 Å². The van der Waals surface area contributed by atoms with Gasteiger partial charge >= 0.3 is 5.97 Å². The zero-order valence-electron chi connectivity index (χ0n) is 10.1. The number of hydrogen-bond donors (Lipinski definition) is 1. The molecule has 1 heterocycles. The Bertz CT molecular complexity index is 580. The second-order valence-corrected chi connectivity index (χ2v) is 3.79. The molecule has 0 amide bonds. The summed E-state index contributed by atoms with van der Waals surface area (Å²) in [4.78, 5) is 11.3. The number of benzene rings is 1. The number of carboxylic acids is 1. The normalized spacial score (nSPS) is 11.4. The molecule has 0 bridgehead atoms. The number of hydrogen-bond acceptors (Lipinski definition) is 3. The molecule has 4 heteroatoms.